The van der Waals surface area contributed by atoms with Crippen LogP contribution in [0.5, 0.6) is 0 Å². The summed E-state index contributed by atoms with van der Waals surface area (Å²) in [5.74, 6) is -0.211. The van der Waals surface area contributed by atoms with E-state index in [9.17, 15) is 19.4 Å². The largest absolute Gasteiger partial charge is 0.472 e. The lowest BCUT2D eigenvalue weighted by Gasteiger charge is -2.25. The highest BCUT2D eigenvalue weighted by Gasteiger charge is 2.27. The lowest BCUT2D eigenvalue weighted by atomic mass is 10.1. The summed E-state index contributed by atoms with van der Waals surface area (Å²) in [6.07, 6.45) is 78.1. The molecule has 70 heavy (non-hydrogen) atoms. The van der Waals surface area contributed by atoms with Gasteiger partial charge in [0.1, 0.15) is 13.2 Å². The second-order valence-corrected chi connectivity index (χ2v) is 20.3. The van der Waals surface area contributed by atoms with Crippen LogP contribution in [-0.4, -0.2) is 73.4 Å². The zero-order valence-corrected chi connectivity index (χ0v) is 45.8. The fourth-order valence-corrected chi connectivity index (χ4v) is 7.52. The number of allylic oxidation sites excluding steroid dienone is 23. The molecule has 3 unspecified atom stereocenters. The van der Waals surface area contributed by atoms with Crippen LogP contribution in [0.15, 0.2) is 146 Å². The third-order valence-corrected chi connectivity index (χ3v) is 12.0. The number of carbonyl (C=O) groups excluding carboxylic acids is 1. The van der Waals surface area contributed by atoms with E-state index in [-0.39, 0.29) is 19.1 Å². The van der Waals surface area contributed by atoms with Crippen molar-refractivity contribution in [1.82, 2.24) is 5.32 Å². The van der Waals surface area contributed by atoms with E-state index < -0.39 is 20.0 Å². The van der Waals surface area contributed by atoms with Crippen molar-refractivity contribution in [1.29, 1.82) is 0 Å². The van der Waals surface area contributed by atoms with Gasteiger partial charge in [-0.3, -0.25) is 13.8 Å². The molecule has 1 amide bonds. The number of quaternary nitrogens is 1. The van der Waals surface area contributed by atoms with Crippen LogP contribution < -0.4 is 5.32 Å². The summed E-state index contributed by atoms with van der Waals surface area (Å²) in [5.41, 5.74) is 0. The molecule has 0 aromatic heterocycles. The second kappa shape index (κ2) is 50.3. The molecule has 0 aliphatic heterocycles. The fourth-order valence-electron chi connectivity index (χ4n) is 6.79. The van der Waals surface area contributed by atoms with Crippen molar-refractivity contribution in [2.75, 3.05) is 40.9 Å². The van der Waals surface area contributed by atoms with Crippen LogP contribution >= 0.6 is 7.82 Å². The average molecular weight is 990 g/mol. The van der Waals surface area contributed by atoms with Gasteiger partial charge in [-0.25, -0.2) is 4.57 Å². The number of aliphatic hydroxyl groups is 1. The topological polar surface area (TPSA) is 105 Å². The zero-order valence-electron chi connectivity index (χ0n) is 44.9. The number of phosphoric ester groups is 1. The maximum absolute atomic E-state index is 12.9. The minimum absolute atomic E-state index is 0.0448. The van der Waals surface area contributed by atoms with Crippen LogP contribution in [0, 0.1) is 0 Å². The zero-order chi connectivity index (χ0) is 51.3. The SMILES string of the molecule is CC/C=C\C/C=C\C/C=C\C/C=C\C/C=C\C/C=C\C/C=C\C/C=C\C/C=C\C/C=C\CCCCCCCCC(=O)NC(COP(=O)(O)OCC[N+](C)(C)C)C(O)/C=C/CC/C=C/CCCCCCC. The molecule has 0 rings (SSSR count). The van der Waals surface area contributed by atoms with Crippen LogP contribution in [0.4, 0.5) is 0 Å². The van der Waals surface area contributed by atoms with Gasteiger partial charge in [-0.05, 0) is 109 Å². The molecule has 0 saturated heterocycles. The molecule has 0 aromatic carbocycles. The standard InChI is InChI=1S/C61H101N2O6P/c1-6-8-10-12-14-16-18-19-20-21-22-23-24-25-26-27-28-29-30-31-32-33-34-35-36-37-38-39-40-41-42-43-45-47-49-51-53-55-61(65)62-59(58-69-70(66,67)68-57-56-63(3,4)5)60(64)54-52-50-48-46-44-17-15-13-11-9-7-2/h8,10,14,16,19-20,22-23,25-26,28-29,31-32,34-35,37-38,40-41,44,46,52,54,59-60,64H,6-7,9,11-13,15,17-18,21,24,27,30,33,36,39,42-43,45,47-51,53,55-58H2,1-5H3,(H-,62,65,66,67)/p+1/b10-8-,16-14-,20-19-,23-22-,26-25-,29-28-,32-31-,35-34-,38-37-,41-40-,46-44+,54-52+. The number of hydrogen-bond donors (Lipinski definition) is 3. The molecule has 0 heterocycles. The molecule has 9 heteroatoms. The Morgan fingerprint density at radius 3 is 1.31 bits per heavy atom. The molecule has 0 fully saturated rings. The van der Waals surface area contributed by atoms with Crippen LogP contribution in [0.3, 0.4) is 0 Å². The van der Waals surface area contributed by atoms with Gasteiger partial charge in [0.2, 0.25) is 5.91 Å². The van der Waals surface area contributed by atoms with E-state index in [1.165, 1.54) is 32.1 Å². The number of hydrogen-bond acceptors (Lipinski definition) is 5. The van der Waals surface area contributed by atoms with Crippen LogP contribution in [0.2, 0.25) is 0 Å². The maximum Gasteiger partial charge on any atom is 0.472 e. The van der Waals surface area contributed by atoms with Gasteiger partial charge in [0.15, 0.2) is 0 Å². The van der Waals surface area contributed by atoms with Crippen molar-refractivity contribution in [2.24, 2.45) is 0 Å². The number of likely N-dealkylation sites (N-methyl/N-ethyl adjacent to an activating group) is 1. The Labute approximate surface area is 429 Å². The second-order valence-electron chi connectivity index (χ2n) is 18.9. The van der Waals surface area contributed by atoms with E-state index in [1.807, 2.05) is 27.2 Å². The first-order chi connectivity index (χ1) is 34.0. The molecule has 0 bridgehead atoms. The number of phosphoric acid groups is 1. The van der Waals surface area contributed by atoms with Gasteiger partial charge in [0, 0.05) is 6.42 Å². The van der Waals surface area contributed by atoms with Crippen molar-refractivity contribution >= 4 is 13.7 Å². The molecule has 0 saturated carbocycles. The first-order valence-corrected chi connectivity index (χ1v) is 28.7. The van der Waals surface area contributed by atoms with Gasteiger partial charge in [-0.2, -0.15) is 0 Å². The summed E-state index contributed by atoms with van der Waals surface area (Å²) in [5, 5.41) is 13.8. The quantitative estimate of drug-likeness (QED) is 0.0243. The van der Waals surface area contributed by atoms with Crippen LogP contribution in [-0.2, 0) is 18.4 Å². The lowest BCUT2D eigenvalue weighted by molar-refractivity contribution is -0.870. The number of nitrogens with zero attached hydrogens (tertiary/aromatic N) is 1. The predicted octanol–water partition coefficient (Wildman–Crippen LogP) is 16.5. The minimum atomic E-state index is -4.36. The van der Waals surface area contributed by atoms with Crippen molar-refractivity contribution in [3.8, 4) is 0 Å². The van der Waals surface area contributed by atoms with Crippen molar-refractivity contribution in [3.63, 3.8) is 0 Å². The average Bonchev–Trinajstić information content (AvgIpc) is 3.32. The summed E-state index contributed by atoms with van der Waals surface area (Å²) >= 11 is 0. The Balaban J connectivity index is 4.20. The van der Waals surface area contributed by atoms with Crippen LogP contribution in [0.1, 0.15) is 181 Å². The number of carbonyl (C=O) groups is 1. The fraction of sp³-hybridized carbons (Fsp3) is 0.590. The van der Waals surface area contributed by atoms with Gasteiger partial charge in [0.05, 0.1) is 39.9 Å². The van der Waals surface area contributed by atoms with Gasteiger partial charge in [-0.1, -0.05) is 211 Å². The third kappa shape index (κ3) is 52.2. The highest BCUT2D eigenvalue weighted by atomic mass is 31.2. The maximum atomic E-state index is 12.9. The molecule has 396 valence electrons. The van der Waals surface area contributed by atoms with E-state index in [0.29, 0.717) is 17.4 Å². The van der Waals surface area contributed by atoms with E-state index in [2.05, 4.69) is 153 Å². The molecule has 3 N–H and O–H groups in total. The molecule has 0 aliphatic carbocycles. The molecular weight excluding hydrogens is 888 g/mol. The molecule has 0 radical (unpaired) electrons. The normalized spacial score (nSPS) is 15.1. The number of nitrogens with one attached hydrogen (secondary N) is 1. The van der Waals surface area contributed by atoms with Crippen LogP contribution in [0.25, 0.3) is 0 Å². The Morgan fingerprint density at radius 1 is 0.500 bits per heavy atom. The van der Waals surface area contributed by atoms with Gasteiger partial charge >= 0.3 is 7.82 Å². The third-order valence-electron chi connectivity index (χ3n) is 11.0. The number of amides is 1. The summed E-state index contributed by atoms with van der Waals surface area (Å²) < 4.78 is 23.6. The molecular formula is C61H102N2O6P+. The summed E-state index contributed by atoms with van der Waals surface area (Å²) in [6.45, 7) is 4.61. The summed E-state index contributed by atoms with van der Waals surface area (Å²) in [7, 11) is 1.52. The number of rotatable bonds is 47. The van der Waals surface area contributed by atoms with Crippen molar-refractivity contribution in [3.05, 3.63) is 146 Å². The first kappa shape index (κ1) is 66.4. The smallest absolute Gasteiger partial charge is 0.387 e. The Morgan fingerprint density at radius 2 is 0.871 bits per heavy atom. The molecule has 0 aromatic rings. The summed E-state index contributed by atoms with van der Waals surface area (Å²) in [4.78, 5) is 23.2. The van der Waals surface area contributed by atoms with E-state index >= 15 is 0 Å². The van der Waals surface area contributed by atoms with Gasteiger partial charge in [0.25, 0.3) is 0 Å². The Kier molecular flexibility index (Phi) is 47.7. The van der Waals surface area contributed by atoms with E-state index in [4.69, 9.17) is 9.05 Å². The summed E-state index contributed by atoms with van der Waals surface area (Å²) in [6, 6.07) is -0.881. The van der Waals surface area contributed by atoms with Crippen molar-refractivity contribution in [2.45, 2.75) is 193 Å². The first-order valence-electron chi connectivity index (χ1n) is 27.2. The van der Waals surface area contributed by atoms with E-state index in [1.54, 1.807) is 6.08 Å². The highest BCUT2D eigenvalue weighted by molar-refractivity contribution is 7.47. The molecule has 0 aliphatic rings. The number of unbranched alkanes of at least 4 members (excludes halogenated alkanes) is 12. The molecule has 8 nitrogen and oxygen atoms in total. The Hall–Kier alpha value is -3.62. The van der Waals surface area contributed by atoms with Gasteiger partial charge in [-0.15, -0.1) is 0 Å². The lowest BCUT2D eigenvalue weighted by Crippen LogP contribution is -2.45. The molecule has 0 spiro atoms. The monoisotopic (exact) mass is 990 g/mol. The Bertz CT molecular complexity index is 1640. The van der Waals surface area contributed by atoms with Crippen molar-refractivity contribution < 1.29 is 32.9 Å². The number of aliphatic hydroxyl groups excluding tert-OH is 1. The minimum Gasteiger partial charge on any atom is -0.387 e. The van der Waals surface area contributed by atoms with E-state index in [0.717, 1.165) is 128 Å². The predicted molar refractivity (Wildman–Crippen MR) is 304 cm³/mol. The highest BCUT2D eigenvalue weighted by Crippen LogP contribution is 2.43. The van der Waals surface area contributed by atoms with Gasteiger partial charge < -0.3 is 19.8 Å². The molecule has 3 atom stereocenters.